The molecule has 2 bridgehead atoms. The topological polar surface area (TPSA) is 32.3 Å². The van der Waals surface area contributed by atoms with Crippen LogP contribution in [-0.4, -0.2) is 24.0 Å². The van der Waals surface area contributed by atoms with Crippen molar-refractivity contribution in [1.29, 1.82) is 0 Å². The van der Waals surface area contributed by atoms with Crippen LogP contribution in [0.15, 0.2) is 48.5 Å². The van der Waals surface area contributed by atoms with Crippen LogP contribution in [0, 0.1) is 0 Å². The molecule has 1 fully saturated rings. The molecule has 0 unspecified atom stereocenters. The Morgan fingerprint density at radius 2 is 2.00 bits per heavy atom. The first-order valence-electron chi connectivity index (χ1n) is 8.60. The lowest BCUT2D eigenvalue weighted by atomic mass is 9.96. The number of carbonyl (C=O) groups is 1. The summed E-state index contributed by atoms with van der Waals surface area (Å²) in [6.07, 6.45) is 2.91. The fourth-order valence-electron chi connectivity index (χ4n) is 4.05. The predicted octanol–water partition coefficient (Wildman–Crippen LogP) is 4.53. The third-order valence-electron chi connectivity index (χ3n) is 5.24. The van der Waals surface area contributed by atoms with Crippen molar-refractivity contribution in [1.82, 2.24) is 10.2 Å². The van der Waals surface area contributed by atoms with Crippen molar-refractivity contribution in [3.8, 4) is 0 Å². The summed E-state index contributed by atoms with van der Waals surface area (Å²) in [5.74, 6) is 0.553. The summed E-state index contributed by atoms with van der Waals surface area (Å²) in [6, 6.07) is 16.6. The van der Waals surface area contributed by atoms with Crippen LogP contribution in [0.5, 0.6) is 0 Å². The molecule has 1 N–H and O–H groups in total. The minimum absolute atomic E-state index is 0.0529. The lowest BCUT2D eigenvalue weighted by Gasteiger charge is -2.33. The number of benzene rings is 2. The van der Waals surface area contributed by atoms with Crippen LogP contribution in [-0.2, 0) is 6.42 Å². The number of hydrogen-bond acceptors (Lipinski definition) is 1. The number of nitrogens with zero attached hydrogens (tertiary/aromatic N) is 1. The highest BCUT2D eigenvalue weighted by Gasteiger charge is 2.40. The van der Waals surface area contributed by atoms with Crippen LogP contribution in [0.3, 0.4) is 0 Å². The van der Waals surface area contributed by atoms with Crippen molar-refractivity contribution in [3.05, 3.63) is 70.2 Å². The van der Waals surface area contributed by atoms with E-state index in [1.165, 1.54) is 16.7 Å². The summed E-state index contributed by atoms with van der Waals surface area (Å²) in [4.78, 5) is 14.6. The molecule has 2 amide bonds. The molecule has 3 nitrogen and oxygen atoms in total. The molecule has 1 heterocycles. The highest BCUT2D eigenvalue weighted by Crippen LogP contribution is 2.49. The third kappa shape index (κ3) is 2.89. The predicted molar refractivity (Wildman–Crippen MR) is 96.4 cm³/mol. The Kier molecular flexibility index (Phi) is 4.19. The molecule has 0 aromatic heterocycles. The van der Waals surface area contributed by atoms with Crippen molar-refractivity contribution in [3.63, 3.8) is 0 Å². The second-order valence-electron chi connectivity index (χ2n) is 6.67. The van der Waals surface area contributed by atoms with Crippen molar-refractivity contribution < 1.29 is 4.79 Å². The van der Waals surface area contributed by atoms with Crippen LogP contribution in [0.2, 0.25) is 5.02 Å². The Labute approximate surface area is 147 Å². The van der Waals surface area contributed by atoms with Gasteiger partial charge in [-0.05, 0) is 54.0 Å². The Morgan fingerprint density at radius 1 is 1.17 bits per heavy atom. The van der Waals surface area contributed by atoms with E-state index in [0.29, 0.717) is 12.5 Å². The second-order valence-corrected chi connectivity index (χ2v) is 7.11. The Balaban J connectivity index is 1.41. The quantitative estimate of drug-likeness (QED) is 0.875. The molecule has 2 aromatic rings. The molecule has 1 saturated heterocycles. The summed E-state index contributed by atoms with van der Waals surface area (Å²) in [5.41, 5.74) is 3.87. The molecular weight excluding hydrogens is 320 g/mol. The molecule has 1 aliphatic heterocycles. The zero-order valence-electron chi connectivity index (χ0n) is 13.5. The number of urea groups is 1. The summed E-state index contributed by atoms with van der Waals surface area (Å²) in [7, 11) is 0. The van der Waals surface area contributed by atoms with Gasteiger partial charge in [0.2, 0.25) is 0 Å². The average molecular weight is 341 g/mol. The maximum absolute atomic E-state index is 12.6. The van der Waals surface area contributed by atoms with Crippen molar-refractivity contribution >= 4 is 17.6 Å². The average Bonchev–Trinajstić information content (AvgIpc) is 2.88. The number of nitrogens with one attached hydrogen (secondary N) is 1. The SMILES string of the molecule is O=C(NCCc1ccccc1)N1CC[C@@H]2C[C@@H]1c1ccc(Cl)cc12. The first-order chi connectivity index (χ1) is 11.7. The maximum Gasteiger partial charge on any atom is 0.317 e. The van der Waals surface area contributed by atoms with Crippen molar-refractivity contribution in [2.75, 3.05) is 13.1 Å². The van der Waals surface area contributed by atoms with E-state index in [1.54, 1.807) is 0 Å². The third-order valence-corrected chi connectivity index (χ3v) is 5.48. The van der Waals surface area contributed by atoms with Crippen LogP contribution in [0.4, 0.5) is 4.79 Å². The van der Waals surface area contributed by atoms with E-state index in [9.17, 15) is 4.79 Å². The number of likely N-dealkylation sites (tertiary alicyclic amines) is 1. The largest absolute Gasteiger partial charge is 0.338 e. The molecule has 2 atom stereocenters. The number of rotatable bonds is 3. The van der Waals surface area contributed by atoms with E-state index >= 15 is 0 Å². The van der Waals surface area contributed by atoms with Gasteiger partial charge in [0.25, 0.3) is 0 Å². The minimum atomic E-state index is 0.0529. The molecule has 4 rings (SSSR count). The second kappa shape index (κ2) is 6.48. The van der Waals surface area contributed by atoms with Crippen LogP contribution < -0.4 is 5.32 Å². The number of halogens is 1. The molecule has 2 aliphatic rings. The van der Waals surface area contributed by atoms with Gasteiger partial charge in [0, 0.05) is 18.1 Å². The van der Waals surface area contributed by atoms with Crippen molar-refractivity contribution in [2.24, 2.45) is 0 Å². The van der Waals surface area contributed by atoms with Gasteiger partial charge in [-0.15, -0.1) is 0 Å². The van der Waals surface area contributed by atoms with Gasteiger partial charge in [-0.3, -0.25) is 0 Å². The Hall–Kier alpha value is -2.00. The van der Waals surface area contributed by atoms with E-state index in [1.807, 2.05) is 29.2 Å². The molecule has 1 aliphatic carbocycles. The van der Waals surface area contributed by atoms with Crippen LogP contribution in [0.25, 0.3) is 0 Å². The number of piperidine rings is 1. The maximum atomic E-state index is 12.6. The summed E-state index contributed by atoms with van der Waals surface area (Å²) >= 11 is 6.15. The number of amides is 2. The molecular formula is C20H21ClN2O. The van der Waals surface area contributed by atoms with E-state index in [0.717, 1.165) is 30.8 Å². The molecule has 0 saturated carbocycles. The molecule has 124 valence electrons. The monoisotopic (exact) mass is 340 g/mol. The van der Waals surface area contributed by atoms with E-state index < -0.39 is 0 Å². The fourth-order valence-corrected chi connectivity index (χ4v) is 4.23. The van der Waals surface area contributed by atoms with Gasteiger partial charge in [-0.1, -0.05) is 48.0 Å². The van der Waals surface area contributed by atoms with Gasteiger partial charge < -0.3 is 10.2 Å². The highest BCUT2D eigenvalue weighted by atomic mass is 35.5. The van der Waals surface area contributed by atoms with Crippen molar-refractivity contribution in [2.45, 2.75) is 31.2 Å². The standard InChI is InChI=1S/C20H21ClN2O/c21-16-6-7-17-18(13-16)15-9-11-23(19(17)12-15)20(24)22-10-8-14-4-2-1-3-5-14/h1-7,13,15,19H,8-12H2,(H,22,24)/t15-,19-/m1/s1. The number of fused-ring (bicyclic) bond motifs is 5. The van der Waals surface area contributed by atoms with Crippen LogP contribution in [0.1, 0.15) is 41.5 Å². The lowest BCUT2D eigenvalue weighted by molar-refractivity contribution is 0.154. The first-order valence-corrected chi connectivity index (χ1v) is 8.98. The van der Waals surface area contributed by atoms with E-state index in [2.05, 4.69) is 29.6 Å². The summed E-state index contributed by atoms with van der Waals surface area (Å²) in [5, 5.41) is 3.88. The summed E-state index contributed by atoms with van der Waals surface area (Å²) < 4.78 is 0. The summed E-state index contributed by atoms with van der Waals surface area (Å²) in [6.45, 7) is 1.49. The smallest absolute Gasteiger partial charge is 0.317 e. The number of hydrogen-bond donors (Lipinski definition) is 1. The van der Waals surface area contributed by atoms with Gasteiger partial charge in [0.1, 0.15) is 0 Å². The van der Waals surface area contributed by atoms with Gasteiger partial charge in [0.15, 0.2) is 0 Å². The number of carbonyl (C=O) groups excluding carboxylic acids is 1. The zero-order valence-corrected chi connectivity index (χ0v) is 14.3. The molecule has 0 spiro atoms. The molecule has 4 heteroatoms. The van der Waals surface area contributed by atoms with Crippen LogP contribution >= 0.6 is 11.6 Å². The normalized spacial score (nSPS) is 21.5. The highest BCUT2D eigenvalue weighted by molar-refractivity contribution is 6.30. The molecule has 24 heavy (non-hydrogen) atoms. The molecule has 0 radical (unpaired) electrons. The van der Waals surface area contributed by atoms with Gasteiger partial charge in [0.05, 0.1) is 6.04 Å². The lowest BCUT2D eigenvalue weighted by Crippen LogP contribution is -2.44. The Morgan fingerprint density at radius 3 is 2.83 bits per heavy atom. The van der Waals surface area contributed by atoms with Gasteiger partial charge in [-0.25, -0.2) is 4.79 Å². The Bertz CT molecular complexity index is 747. The van der Waals surface area contributed by atoms with E-state index in [4.69, 9.17) is 11.6 Å². The minimum Gasteiger partial charge on any atom is -0.338 e. The van der Waals surface area contributed by atoms with Gasteiger partial charge in [-0.2, -0.15) is 0 Å². The van der Waals surface area contributed by atoms with Gasteiger partial charge >= 0.3 is 6.03 Å². The zero-order chi connectivity index (χ0) is 16.5. The first kappa shape index (κ1) is 15.5. The fraction of sp³-hybridized carbons (Fsp3) is 0.350. The molecule has 2 aromatic carbocycles. The van der Waals surface area contributed by atoms with E-state index in [-0.39, 0.29) is 12.1 Å².